The number of allylic oxidation sites excluding steroid dienone is 4. The first kappa shape index (κ1) is 13.5. The first-order valence-corrected chi connectivity index (χ1v) is 5.80. The molecule has 0 atom stereocenters. The summed E-state index contributed by atoms with van der Waals surface area (Å²) in [5.41, 5.74) is 0. The minimum Gasteiger partial charge on any atom is -0.0882 e. The van der Waals surface area contributed by atoms with Crippen LogP contribution in [0.3, 0.4) is 0 Å². The Labute approximate surface area is 90.1 Å². The zero-order valence-corrected chi connectivity index (χ0v) is 9.38. The van der Waals surface area contributed by atoms with Gasteiger partial charge in [-0.3, -0.25) is 0 Å². The maximum Gasteiger partial charge on any atom is -0.0169 e. The van der Waals surface area contributed by atoms with Crippen LogP contribution in [0, 0.1) is 13.8 Å². The summed E-state index contributed by atoms with van der Waals surface area (Å²) in [4.78, 5) is 0. The lowest BCUT2D eigenvalue weighted by Gasteiger charge is -1.97. The zero-order valence-electron chi connectivity index (χ0n) is 9.38. The van der Waals surface area contributed by atoms with E-state index in [1.54, 1.807) is 0 Å². The number of rotatable bonds is 9. The van der Waals surface area contributed by atoms with Gasteiger partial charge in [0.05, 0.1) is 0 Å². The lowest BCUT2D eigenvalue weighted by Crippen LogP contribution is -1.77. The van der Waals surface area contributed by atoms with Crippen molar-refractivity contribution in [2.24, 2.45) is 0 Å². The van der Waals surface area contributed by atoms with E-state index >= 15 is 0 Å². The van der Waals surface area contributed by atoms with Gasteiger partial charge in [0.15, 0.2) is 0 Å². The first-order chi connectivity index (χ1) is 6.91. The molecule has 0 rings (SSSR count). The molecule has 0 saturated carbocycles. The van der Waals surface area contributed by atoms with Gasteiger partial charge in [-0.05, 0) is 26.2 Å². The zero-order chi connectivity index (χ0) is 10.5. The number of unbranched alkanes of at least 4 members (excludes halogenated alkanes) is 6. The Kier molecular flexibility index (Phi) is 12.0. The molecule has 2 radical (unpaired) electrons. The molecule has 0 bridgehead atoms. The Morgan fingerprint density at radius 2 is 1.50 bits per heavy atom. The molecule has 0 aliphatic heterocycles. The van der Waals surface area contributed by atoms with E-state index in [0.717, 1.165) is 12.8 Å². The van der Waals surface area contributed by atoms with Gasteiger partial charge in [0.25, 0.3) is 0 Å². The average Bonchev–Trinajstić information content (AvgIpc) is 2.21. The Morgan fingerprint density at radius 1 is 0.786 bits per heavy atom. The molecule has 0 aliphatic carbocycles. The molecule has 0 saturated heterocycles. The second kappa shape index (κ2) is 12.5. The first-order valence-electron chi connectivity index (χ1n) is 5.80. The summed E-state index contributed by atoms with van der Waals surface area (Å²) in [7, 11) is 0. The molecule has 80 valence electrons. The maximum absolute atomic E-state index is 3.84. The Morgan fingerprint density at radius 3 is 2.21 bits per heavy atom. The van der Waals surface area contributed by atoms with Crippen LogP contribution in [-0.4, -0.2) is 0 Å². The van der Waals surface area contributed by atoms with Crippen LogP contribution in [0.1, 0.15) is 51.4 Å². The smallest absolute Gasteiger partial charge is 0.0169 e. The fraction of sp³-hybridized carbons (Fsp3) is 0.571. The molecule has 0 unspecified atom stereocenters. The standard InChI is InChI=1S/C14H24/c1-3-5-7-9-11-13-14-12-10-8-6-4-2/h3,5,9,11H,1-2,4,6-8,10,12-14H2. The van der Waals surface area contributed by atoms with Crippen LogP contribution in [0.25, 0.3) is 0 Å². The van der Waals surface area contributed by atoms with E-state index in [2.05, 4.69) is 32.1 Å². The quantitative estimate of drug-likeness (QED) is 0.360. The van der Waals surface area contributed by atoms with Crippen molar-refractivity contribution in [1.82, 2.24) is 0 Å². The molecule has 0 spiro atoms. The van der Waals surface area contributed by atoms with Crippen molar-refractivity contribution < 1.29 is 0 Å². The summed E-state index contributed by atoms with van der Waals surface area (Å²) in [6.45, 7) is 7.48. The monoisotopic (exact) mass is 192 g/mol. The van der Waals surface area contributed by atoms with Crippen LogP contribution in [0.4, 0.5) is 0 Å². The molecule has 14 heavy (non-hydrogen) atoms. The van der Waals surface area contributed by atoms with Crippen molar-refractivity contribution in [2.75, 3.05) is 0 Å². The predicted molar refractivity (Wildman–Crippen MR) is 65.9 cm³/mol. The fourth-order valence-electron chi connectivity index (χ4n) is 1.36. The summed E-state index contributed by atoms with van der Waals surface area (Å²) in [6, 6.07) is 0. The predicted octanol–water partition coefficient (Wildman–Crippen LogP) is 4.89. The second-order valence-electron chi connectivity index (χ2n) is 3.59. The average molecular weight is 192 g/mol. The van der Waals surface area contributed by atoms with E-state index < -0.39 is 0 Å². The SMILES string of the molecule is [CH2]C=CCC=CCCCCCCC[CH2]. The molecule has 0 aromatic carbocycles. The summed E-state index contributed by atoms with van der Waals surface area (Å²) in [6.07, 6.45) is 18.5. The van der Waals surface area contributed by atoms with Gasteiger partial charge in [0.1, 0.15) is 0 Å². The highest BCUT2D eigenvalue weighted by Gasteiger charge is 1.87. The number of hydrogen-bond acceptors (Lipinski definition) is 0. The largest absolute Gasteiger partial charge is 0.0882 e. The Hall–Kier alpha value is -0.520. The molecule has 0 amide bonds. The summed E-state index contributed by atoms with van der Waals surface area (Å²) < 4.78 is 0. The van der Waals surface area contributed by atoms with E-state index in [0.29, 0.717) is 0 Å². The molecule has 0 aromatic heterocycles. The molecule has 0 heterocycles. The van der Waals surface area contributed by atoms with Crippen LogP contribution in [-0.2, 0) is 0 Å². The second-order valence-corrected chi connectivity index (χ2v) is 3.59. The van der Waals surface area contributed by atoms with E-state index in [9.17, 15) is 0 Å². The number of hydrogen-bond donors (Lipinski definition) is 0. The van der Waals surface area contributed by atoms with Gasteiger partial charge in [0.2, 0.25) is 0 Å². The minimum atomic E-state index is 1.03. The lowest BCUT2D eigenvalue weighted by molar-refractivity contribution is 0.621. The highest BCUT2D eigenvalue weighted by molar-refractivity contribution is 4.93. The summed E-state index contributed by atoms with van der Waals surface area (Å²) in [5, 5.41) is 0. The van der Waals surface area contributed by atoms with Crippen LogP contribution in [0.5, 0.6) is 0 Å². The van der Waals surface area contributed by atoms with Crippen LogP contribution < -0.4 is 0 Å². The van der Waals surface area contributed by atoms with Gasteiger partial charge in [-0.1, -0.05) is 63.3 Å². The lowest BCUT2D eigenvalue weighted by atomic mass is 10.1. The summed E-state index contributed by atoms with van der Waals surface area (Å²) >= 11 is 0. The highest BCUT2D eigenvalue weighted by atomic mass is 13.9. The summed E-state index contributed by atoms with van der Waals surface area (Å²) in [5.74, 6) is 0. The van der Waals surface area contributed by atoms with Gasteiger partial charge in [-0.15, -0.1) is 0 Å². The molecular formula is C14H24. The molecule has 0 fully saturated rings. The highest BCUT2D eigenvalue weighted by Crippen LogP contribution is 2.07. The van der Waals surface area contributed by atoms with Crippen LogP contribution in [0.15, 0.2) is 24.3 Å². The Bertz CT molecular complexity index is 142. The van der Waals surface area contributed by atoms with Crippen molar-refractivity contribution >= 4 is 0 Å². The van der Waals surface area contributed by atoms with Crippen molar-refractivity contribution in [3.63, 3.8) is 0 Å². The minimum absolute atomic E-state index is 1.03. The van der Waals surface area contributed by atoms with Gasteiger partial charge >= 0.3 is 0 Å². The van der Waals surface area contributed by atoms with Crippen molar-refractivity contribution in [1.29, 1.82) is 0 Å². The molecule has 0 aliphatic rings. The van der Waals surface area contributed by atoms with Gasteiger partial charge in [0, 0.05) is 0 Å². The molecule has 0 nitrogen and oxygen atoms in total. The van der Waals surface area contributed by atoms with Crippen LogP contribution >= 0.6 is 0 Å². The third-order valence-electron chi connectivity index (χ3n) is 2.23. The third-order valence-corrected chi connectivity index (χ3v) is 2.23. The molecule has 0 aromatic rings. The molecular weight excluding hydrogens is 168 g/mol. The van der Waals surface area contributed by atoms with Crippen molar-refractivity contribution in [3.05, 3.63) is 38.2 Å². The van der Waals surface area contributed by atoms with Gasteiger partial charge < -0.3 is 0 Å². The third kappa shape index (κ3) is 11.5. The Balaban J connectivity index is 3.01. The van der Waals surface area contributed by atoms with Gasteiger partial charge in [-0.2, -0.15) is 0 Å². The van der Waals surface area contributed by atoms with E-state index in [1.165, 1.54) is 38.5 Å². The van der Waals surface area contributed by atoms with Crippen molar-refractivity contribution in [2.45, 2.75) is 51.4 Å². The normalized spacial score (nSPS) is 11.9. The van der Waals surface area contributed by atoms with Crippen LogP contribution in [0.2, 0.25) is 0 Å². The van der Waals surface area contributed by atoms with E-state index in [1.807, 2.05) is 6.08 Å². The van der Waals surface area contributed by atoms with E-state index in [-0.39, 0.29) is 0 Å². The fourth-order valence-corrected chi connectivity index (χ4v) is 1.36. The van der Waals surface area contributed by atoms with Crippen molar-refractivity contribution in [3.8, 4) is 0 Å². The molecule has 0 N–H and O–H groups in total. The topological polar surface area (TPSA) is 0 Å². The maximum atomic E-state index is 3.84. The van der Waals surface area contributed by atoms with E-state index in [4.69, 9.17) is 0 Å². The van der Waals surface area contributed by atoms with Gasteiger partial charge in [-0.25, -0.2) is 0 Å². The molecule has 0 heteroatoms.